The molecular weight excluding hydrogens is 196 g/mol. The topological polar surface area (TPSA) is 27.0 Å². The summed E-state index contributed by atoms with van der Waals surface area (Å²) in [7, 11) is 2.10. The number of allylic oxidation sites excluding steroid dienone is 3. The fourth-order valence-corrected chi connectivity index (χ4v) is 1.38. The maximum absolute atomic E-state index is 8.82. The van der Waals surface area contributed by atoms with Gasteiger partial charge >= 0.3 is 0 Å². The summed E-state index contributed by atoms with van der Waals surface area (Å²) < 4.78 is 0. The normalized spacial score (nSPS) is 12.7. The van der Waals surface area contributed by atoms with Crippen molar-refractivity contribution in [2.75, 3.05) is 20.1 Å². The zero-order valence-corrected chi connectivity index (χ0v) is 10.7. The molecule has 0 radical (unpaired) electrons. The van der Waals surface area contributed by atoms with Crippen molar-refractivity contribution in [2.45, 2.75) is 26.7 Å². The van der Waals surface area contributed by atoms with Crippen LogP contribution >= 0.6 is 0 Å². The summed E-state index contributed by atoms with van der Waals surface area (Å²) in [5.41, 5.74) is 1.78. The van der Waals surface area contributed by atoms with Gasteiger partial charge < -0.3 is 4.90 Å². The lowest BCUT2D eigenvalue weighted by Gasteiger charge is -2.16. The number of unbranched alkanes of at least 4 members (excludes halogenated alkanes) is 1. The Hall–Kier alpha value is -1.33. The summed E-state index contributed by atoms with van der Waals surface area (Å²) in [4.78, 5) is 2.27. The molecule has 0 saturated carbocycles. The largest absolute Gasteiger partial charge is 0.302 e. The van der Waals surface area contributed by atoms with E-state index in [0.717, 1.165) is 18.7 Å². The summed E-state index contributed by atoms with van der Waals surface area (Å²) in [6.45, 7) is 9.78. The van der Waals surface area contributed by atoms with Crippen LogP contribution in [0.5, 0.6) is 0 Å². The SMILES string of the molecule is C=C/C(C#N)=C\C(=C/C)CN(C)CCCC. The minimum absolute atomic E-state index is 0.622. The second kappa shape index (κ2) is 8.94. The first-order valence-corrected chi connectivity index (χ1v) is 5.75. The quantitative estimate of drug-likeness (QED) is 0.484. The van der Waals surface area contributed by atoms with Crippen molar-refractivity contribution < 1.29 is 0 Å². The van der Waals surface area contributed by atoms with Crippen LogP contribution in [-0.4, -0.2) is 25.0 Å². The van der Waals surface area contributed by atoms with Crippen molar-refractivity contribution in [3.63, 3.8) is 0 Å². The Kier molecular flexibility index (Phi) is 8.19. The zero-order valence-electron chi connectivity index (χ0n) is 10.7. The van der Waals surface area contributed by atoms with E-state index in [1.54, 1.807) is 6.08 Å². The summed E-state index contributed by atoms with van der Waals surface area (Å²) in [6, 6.07) is 2.12. The first kappa shape index (κ1) is 14.7. The molecule has 0 fully saturated rings. The van der Waals surface area contributed by atoms with Gasteiger partial charge in [0.05, 0.1) is 11.6 Å². The molecule has 0 aliphatic carbocycles. The van der Waals surface area contributed by atoms with Crippen molar-refractivity contribution in [1.29, 1.82) is 5.26 Å². The van der Waals surface area contributed by atoms with Crippen LogP contribution in [0.25, 0.3) is 0 Å². The molecule has 0 heterocycles. The molecule has 2 nitrogen and oxygen atoms in total. The Balaban J connectivity index is 4.38. The van der Waals surface area contributed by atoms with Gasteiger partial charge in [-0.05, 0) is 38.6 Å². The summed E-state index contributed by atoms with van der Waals surface area (Å²) in [5, 5.41) is 8.82. The number of likely N-dealkylation sites (N-methyl/N-ethyl adjacent to an activating group) is 1. The van der Waals surface area contributed by atoms with Gasteiger partial charge in [0.15, 0.2) is 0 Å². The molecule has 88 valence electrons. The lowest BCUT2D eigenvalue weighted by atomic mass is 10.1. The lowest BCUT2D eigenvalue weighted by molar-refractivity contribution is 0.357. The average Bonchev–Trinajstić information content (AvgIpc) is 2.31. The second-order valence-corrected chi connectivity index (χ2v) is 3.87. The van der Waals surface area contributed by atoms with Crippen LogP contribution in [0.15, 0.2) is 36.0 Å². The Morgan fingerprint density at radius 3 is 2.62 bits per heavy atom. The van der Waals surface area contributed by atoms with Gasteiger partial charge in [-0.2, -0.15) is 5.26 Å². The predicted octanol–water partition coefficient (Wildman–Crippen LogP) is 3.30. The molecule has 0 aliphatic rings. The molecule has 0 saturated heterocycles. The second-order valence-electron chi connectivity index (χ2n) is 3.87. The summed E-state index contributed by atoms with van der Waals surface area (Å²) in [5.74, 6) is 0. The zero-order chi connectivity index (χ0) is 12.4. The van der Waals surface area contributed by atoms with E-state index in [9.17, 15) is 0 Å². The molecule has 0 N–H and O–H groups in total. The Labute approximate surface area is 99.6 Å². The van der Waals surface area contributed by atoms with Crippen molar-refractivity contribution >= 4 is 0 Å². The van der Waals surface area contributed by atoms with Crippen molar-refractivity contribution in [3.05, 3.63) is 36.0 Å². The number of hydrogen-bond donors (Lipinski definition) is 0. The van der Waals surface area contributed by atoms with Crippen LogP contribution in [0.1, 0.15) is 26.7 Å². The number of nitriles is 1. The summed E-state index contributed by atoms with van der Waals surface area (Å²) in [6.07, 6.45) is 7.96. The van der Waals surface area contributed by atoms with E-state index in [0.29, 0.717) is 5.57 Å². The highest BCUT2D eigenvalue weighted by Gasteiger charge is 2.00. The maximum atomic E-state index is 8.82. The third kappa shape index (κ3) is 6.21. The first-order valence-electron chi connectivity index (χ1n) is 5.75. The number of rotatable bonds is 7. The van der Waals surface area contributed by atoms with Gasteiger partial charge in [0.2, 0.25) is 0 Å². The summed E-state index contributed by atoms with van der Waals surface area (Å²) >= 11 is 0. The molecule has 2 heteroatoms. The highest BCUT2D eigenvalue weighted by atomic mass is 15.1. The van der Waals surface area contributed by atoms with Crippen molar-refractivity contribution in [1.82, 2.24) is 4.90 Å². The Morgan fingerprint density at radius 1 is 1.50 bits per heavy atom. The van der Waals surface area contributed by atoms with Crippen LogP contribution in [0.2, 0.25) is 0 Å². The molecule has 0 rings (SSSR count). The predicted molar refractivity (Wildman–Crippen MR) is 70.1 cm³/mol. The molecule has 0 unspecified atom stereocenters. The van der Waals surface area contributed by atoms with Crippen LogP contribution < -0.4 is 0 Å². The monoisotopic (exact) mass is 218 g/mol. The maximum Gasteiger partial charge on any atom is 0.0991 e. The van der Waals surface area contributed by atoms with E-state index in [-0.39, 0.29) is 0 Å². The van der Waals surface area contributed by atoms with E-state index >= 15 is 0 Å². The molecule has 0 aromatic rings. The number of nitrogens with zero attached hydrogens (tertiary/aromatic N) is 2. The molecule has 0 aromatic heterocycles. The van der Waals surface area contributed by atoms with Gasteiger partial charge in [-0.3, -0.25) is 0 Å². The van der Waals surface area contributed by atoms with Gasteiger partial charge in [0.25, 0.3) is 0 Å². The molecule has 0 bridgehead atoms. The molecule has 0 aromatic carbocycles. The molecular formula is C14H22N2. The molecule has 0 aliphatic heterocycles. The average molecular weight is 218 g/mol. The van der Waals surface area contributed by atoms with E-state index in [4.69, 9.17) is 5.26 Å². The van der Waals surface area contributed by atoms with Gasteiger partial charge in [0, 0.05) is 6.54 Å². The lowest BCUT2D eigenvalue weighted by Crippen LogP contribution is -2.21. The van der Waals surface area contributed by atoms with Gasteiger partial charge in [-0.15, -0.1) is 0 Å². The standard InChI is InChI=1S/C14H22N2/c1-5-8-9-16(4)12-14(7-3)10-13(6-2)11-15/h6-7,10H,2,5,8-9,12H2,1,3-4H3/b13-10+,14-7+. The first-order chi connectivity index (χ1) is 7.67. The minimum Gasteiger partial charge on any atom is -0.302 e. The minimum atomic E-state index is 0.622. The van der Waals surface area contributed by atoms with Gasteiger partial charge in [0.1, 0.15) is 0 Å². The van der Waals surface area contributed by atoms with E-state index in [1.807, 2.05) is 19.1 Å². The fourth-order valence-electron chi connectivity index (χ4n) is 1.38. The number of hydrogen-bond acceptors (Lipinski definition) is 2. The van der Waals surface area contributed by atoms with Crippen LogP contribution in [0, 0.1) is 11.3 Å². The molecule has 16 heavy (non-hydrogen) atoms. The highest BCUT2D eigenvalue weighted by Crippen LogP contribution is 2.06. The van der Waals surface area contributed by atoms with Crippen LogP contribution in [0.4, 0.5) is 0 Å². The van der Waals surface area contributed by atoms with Crippen LogP contribution in [0.3, 0.4) is 0 Å². The fraction of sp³-hybridized carbons (Fsp3) is 0.500. The Morgan fingerprint density at radius 2 is 2.19 bits per heavy atom. The third-order valence-electron chi connectivity index (χ3n) is 2.41. The van der Waals surface area contributed by atoms with E-state index in [2.05, 4.69) is 31.5 Å². The van der Waals surface area contributed by atoms with E-state index in [1.165, 1.54) is 12.8 Å². The third-order valence-corrected chi connectivity index (χ3v) is 2.41. The smallest absolute Gasteiger partial charge is 0.0991 e. The van der Waals surface area contributed by atoms with Crippen LogP contribution in [-0.2, 0) is 0 Å². The van der Waals surface area contributed by atoms with Gasteiger partial charge in [-0.25, -0.2) is 0 Å². The molecule has 0 spiro atoms. The van der Waals surface area contributed by atoms with E-state index < -0.39 is 0 Å². The molecule has 0 atom stereocenters. The molecule has 0 amide bonds. The van der Waals surface area contributed by atoms with Crippen molar-refractivity contribution in [3.8, 4) is 6.07 Å². The Bertz CT molecular complexity index is 305. The van der Waals surface area contributed by atoms with Gasteiger partial charge in [-0.1, -0.05) is 32.1 Å². The van der Waals surface area contributed by atoms with Crippen molar-refractivity contribution in [2.24, 2.45) is 0 Å². The highest BCUT2D eigenvalue weighted by molar-refractivity contribution is 5.38.